The Morgan fingerprint density at radius 3 is 2.81 bits per heavy atom. The number of rotatable bonds is 4. The number of aryl methyl sites for hydroxylation is 1. The van der Waals surface area contributed by atoms with Gasteiger partial charge in [0, 0.05) is 11.4 Å². The minimum atomic E-state index is 0.611. The molecule has 0 aliphatic carbocycles. The van der Waals surface area contributed by atoms with Gasteiger partial charge in [-0.3, -0.25) is 0 Å². The highest BCUT2D eigenvalue weighted by atomic mass is 32.1. The van der Waals surface area contributed by atoms with Crippen LogP contribution in [-0.2, 0) is 13.0 Å². The normalized spacial score (nSPS) is 11.2. The number of hydrogen-bond donors (Lipinski definition) is 0. The number of aromatic nitrogens is 3. The summed E-state index contributed by atoms with van der Waals surface area (Å²) >= 11 is 1.81. The molecule has 4 heteroatoms. The van der Waals surface area contributed by atoms with Crippen LogP contribution >= 0.6 is 11.3 Å². The molecule has 16 heavy (non-hydrogen) atoms. The Morgan fingerprint density at radius 1 is 1.38 bits per heavy atom. The molecular formula is C12H17N3S. The van der Waals surface area contributed by atoms with E-state index in [2.05, 4.69) is 47.7 Å². The maximum Gasteiger partial charge on any atom is 0.173 e. The SMILES string of the molecule is CCc1ccc(-c2nncn2CC(C)C)s1. The zero-order valence-corrected chi connectivity index (χ0v) is 10.8. The van der Waals surface area contributed by atoms with Crippen molar-refractivity contribution in [2.24, 2.45) is 5.92 Å². The molecule has 0 saturated heterocycles. The molecule has 0 fully saturated rings. The van der Waals surface area contributed by atoms with Gasteiger partial charge in [-0.05, 0) is 24.5 Å². The zero-order chi connectivity index (χ0) is 11.5. The summed E-state index contributed by atoms with van der Waals surface area (Å²) in [6, 6.07) is 4.32. The summed E-state index contributed by atoms with van der Waals surface area (Å²) in [6.45, 7) is 7.56. The molecule has 86 valence electrons. The van der Waals surface area contributed by atoms with E-state index in [-0.39, 0.29) is 0 Å². The van der Waals surface area contributed by atoms with Crippen LogP contribution in [0.5, 0.6) is 0 Å². The summed E-state index contributed by atoms with van der Waals surface area (Å²) in [7, 11) is 0. The highest BCUT2D eigenvalue weighted by molar-refractivity contribution is 7.15. The Balaban J connectivity index is 2.29. The highest BCUT2D eigenvalue weighted by Gasteiger charge is 2.10. The van der Waals surface area contributed by atoms with E-state index in [0.717, 1.165) is 18.8 Å². The fraction of sp³-hybridized carbons (Fsp3) is 0.500. The van der Waals surface area contributed by atoms with E-state index >= 15 is 0 Å². The molecule has 0 unspecified atom stereocenters. The lowest BCUT2D eigenvalue weighted by atomic mass is 10.2. The van der Waals surface area contributed by atoms with Crippen molar-refractivity contribution in [3.8, 4) is 10.7 Å². The van der Waals surface area contributed by atoms with Gasteiger partial charge in [0.15, 0.2) is 5.82 Å². The molecule has 0 bridgehead atoms. The van der Waals surface area contributed by atoms with Gasteiger partial charge >= 0.3 is 0 Å². The second-order valence-corrected chi connectivity index (χ2v) is 5.49. The van der Waals surface area contributed by atoms with Gasteiger partial charge in [-0.15, -0.1) is 21.5 Å². The molecule has 3 nitrogen and oxygen atoms in total. The molecule has 0 aliphatic rings. The van der Waals surface area contributed by atoms with Gasteiger partial charge in [0.1, 0.15) is 6.33 Å². The van der Waals surface area contributed by atoms with Crippen LogP contribution in [0.15, 0.2) is 18.5 Å². The smallest absolute Gasteiger partial charge is 0.173 e. The maximum atomic E-state index is 4.21. The fourth-order valence-corrected chi connectivity index (χ4v) is 2.61. The minimum Gasteiger partial charge on any atom is -0.313 e. The summed E-state index contributed by atoms with van der Waals surface area (Å²) < 4.78 is 2.13. The molecule has 2 aromatic heterocycles. The van der Waals surface area contributed by atoms with Crippen LogP contribution in [0.3, 0.4) is 0 Å². The van der Waals surface area contributed by atoms with Crippen LogP contribution < -0.4 is 0 Å². The van der Waals surface area contributed by atoms with E-state index in [1.54, 1.807) is 0 Å². The minimum absolute atomic E-state index is 0.611. The second kappa shape index (κ2) is 4.78. The van der Waals surface area contributed by atoms with Crippen LogP contribution in [0, 0.1) is 5.92 Å². The van der Waals surface area contributed by atoms with Gasteiger partial charge < -0.3 is 4.57 Å². The second-order valence-electron chi connectivity index (χ2n) is 4.32. The first-order valence-corrected chi connectivity index (χ1v) is 6.49. The Bertz CT molecular complexity index is 456. The van der Waals surface area contributed by atoms with E-state index in [1.807, 2.05) is 17.7 Å². The quantitative estimate of drug-likeness (QED) is 0.814. The van der Waals surface area contributed by atoms with Crippen LogP contribution in [0.1, 0.15) is 25.6 Å². The third-order valence-corrected chi connectivity index (χ3v) is 3.63. The van der Waals surface area contributed by atoms with Gasteiger partial charge in [-0.25, -0.2) is 0 Å². The third kappa shape index (κ3) is 2.32. The van der Waals surface area contributed by atoms with Crippen molar-refractivity contribution in [2.75, 3.05) is 0 Å². The zero-order valence-electron chi connectivity index (χ0n) is 9.97. The largest absolute Gasteiger partial charge is 0.313 e. The average Bonchev–Trinajstić information content (AvgIpc) is 2.84. The van der Waals surface area contributed by atoms with Crippen molar-refractivity contribution in [1.82, 2.24) is 14.8 Å². The van der Waals surface area contributed by atoms with Crippen molar-refractivity contribution >= 4 is 11.3 Å². The monoisotopic (exact) mass is 235 g/mol. The summed E-state index contributed by atoms with van der Waals surface area (Å²) in [5.41, 5.74) is 0. The molecule has 0 spiro atoms. The summed E-state index contributed by atoms with van der Waals surface area (Å²) in [5, 5.41) is 8.22. The van der Waals surface area contributed by atoms with Crippen molar-refractivity contribution in [1.29, 1.82) is 0 Å². The van der Waals surface area contributed by atoms with E-state index in [9.17, 15) is 0 Å². The van der Waals surface area contributed by atoms with Crippen molar-refractivity contribution in [3.05, 3.63) is 23.3 Å². The Morgan fingerprint density at radius 2 is 2.19 bits per heavy atom. The molecule has 0 amide bonds. The van der Waals surface area contributed by atoms with E-state index < -0.39 is 0 Å². The third-order valence-electron chi connectivity index (χ3n) is 2.41. The molecule has 2 heterocycles. The predicted molar refractivity (Wildman–Crippen MR) is 67.6 cm³/mol. The van der Waals surface area contributed by atoms with Crippen LogP contribution in [0.25, 0.3) is 10.7 Å². The van der Waals surface area contributed by atoms with Crippen molar-refractivity contribution in [2.45, 2.75) is 33.7 Å². The molecule has 2 aromatic rings. The number of thiophene rings is 1. The molecule has 0 saturated carbocycles. The fourth-order valence-electron chi connectivity index (χ4n) is 1.66. The summed E-state index contributed by atoms with van der Waals surface area (Å²) in [4.78, 5) is 2.61. The Labute approximate surface area is 100 Å². The van der Waals surface area contributed by atoms with Gasteiger partial charge in [-0.2, -0.15) is 0 Å². The Hall–Kier alpha value is -1.16. The average molecular weight is 235 g/mol. The van der Waals surface area contributed by atoms with Crippen molar-refractivity contribution < 1.29 is 0 Å². The molecule has 0 N–H and O–H groups in total. The van der Waals surface area contributed by atoms with Gasteiger partial charge in [0.2, 0.25) is 0 Å². The van der Waals surface area contributed by atoms with Gasteiger partial charge in [0.25, 0.3) is 0 Å². The first kappa shape index (κ1) is 11.3. The molecule has 0 atom stereocenters. The van der Waals surface area contributed by atoms with E-state index in [4.69, 9.17) is 0 Å². The van der Waals surface area contributed by atoms with E-state index in [1.165, 1.54) is 9.75 Å². The topological polar surface area (TPSA) is 30.7 Å². The summed E-state index contributed by atoms with van der Waals surface area (Å²) in [6.07, 6.45) is 2.91. The van der Waals surface area contributed by atoms with Crippen LogP contribution in [0.2, 0.25) is 0 Å². The van der Waals surface area contributed by atoms with Crippen LogP contribution in [0.4, 0.5) is 0 Å². The maximum absolute atomic E-state index is 4.21. The molecule has 0 aliphatic heterocycles. The predicted octanol–water partition coefficient (Wildman–Crippen LogP) is 3.23. The molecule has 0 aromatic carbocycles. The van der Waals surface area contributed by atoms with Crippen molar-refractivity contribution in [3.63, 3.8) is 0 Å². The molecular weight excluding hydrogens is 218 g/mol. The van der Waals surface area contributed by atoms with E-state index in [0.29, 0.717) is 5.92 Å². The first-order chi connectivity index (χ1) is 7.70. The molecule has 2 rings (SSSR count). The first-order valence-electron chi connectivity index (χ1n) is 5.67. The standard InChI is InChI=1S/C12H17N3S/c1-4-10-5-6-11(16-10)12-14-13-8-15(12)7-9(2)3/h5-6,8-9H,4,7H2,1-3H3. The summed E-state index contributed by atoms with van der Waals surface area (Å²) in [5.74, 6) is 1.61. The Kier molecular flexibility index (Phi) is 3.39. The van der Waals surface area contributed by atoms with Crippen LogP contribution in [-0.4, -0.2) is 14.8 Å². The highest BCUT2D eigenvalue weighted by Crippen LogP contribution is 2.27. The lowest BCUT2D eigenvalue weighted by Gasteiger charge is -2.07. The number of nitrogens with zero attached hydrogens (tertiary/aromatic N) is 3. The lowest BCUT2D eigenvalue weighted by Crippen LogP contribution is -2.04. The lowest BCUT2D eigenvalue weighted by molar-refractivity contribution is 0.525. The molecule has 0 radical (unpaired) electrons. The van der Waals surface area contributed by atoms with Gasteiger partial charge in [-0.1, -0.05) is 20.8 Å². The number of hydrogen-bond acceptors (Lipinski definition) is 3. The van der Waals surface area contributed by atoms with Gasteiger partial charge in [0.05, 0.1) is 4.88 Å².